The van der Waals surface area contributed by atoms with E-state index >= 15 is 0 Å². The number of benzene rings is 1. The molecule has 0 bridgehead atoms. The van der Waals surface area contributed by atoms with Gasteiger partial charge in [-0.05, 0) is 44.7 Å². The molecule has 1 saturated carbocycles. The Kier molecular flexibility index (Phi) is 3.66. The van der Waals surface area contributed by atoms with Crippen LogP contribution in [0.3, 0.4) is 0 Å². The summed E-state index contributed by atoms with van der Waals surface area (Å²) in [5.41, 5.74) is 2.72. The maximum Gasteiger partial charge on any atom is 0.315 e. The first-order valence-corrected chi connectivity index (χ1v) is 7.96. The fraction of sp³-hybridized carbons (Fsp3) is 0.588. The van der Waals surface area contributed by atoms with Gasteiger partial charge in [0.15, 0.2) is 0 Å². The summed E-state index contributed by atoms with van der Waals surface area (Å²) in [6, 6.07) is 8.81. The van der Waals surface area contributed by atoms with Crippen LogP contribution in [0.4, 0.5) is 4.79 Å². The molecule has 2 fully saturated rings. The molecule has 0 radical (unpaired) electrons. The Labute approximate surface area is 126 Å². The van der Waals surface area contributed by atoms with Gasteiger partial charge in [0.1, 0.15) is 0 Å². The van der Waals surface area contributed by atoms with Crippen molar-refractivity contribution in [3.05, 3.63) is 35.4 Å². The zero-order valence-electron chi connectivity index (χ0n) is 13.0. The molecular formula is C17H25N3O. The van der Waals surface area contributed by atoms with Crippen LogP contribution in [0.2, 0.25) is 0 Å². The Morgan fingerprint density at radius 2 is 2.00 bits per heavy atom. The molecule has 0 unspecified atom stereocenters. The van der Waals surface area contributed by atoms with E-state index in [1.807, 2.05) is 0 Å². The van der Waals surface area contributed by atoms with E-state index in [9.17, 15) is 4.79 Å². The number of carbonyl (C=O) groups is 1. The van der Waals surface area contributed by atoms with Gasteiger partial charge >= 0.3 is 6.03 Å². The lowest BCUT2D eigenvalue weighted by Gasteiger charge is -2.45. The van der Waals surface area contributed by atoms with Gasteiger partial charge in [0.05, 0.1) is 5.54 Å². The highest BCUT2D eigenvalue weighted by atomic mass is 16.2. The van der Waals surface area contributed by atoms with Gasteiger partial charge in [-0.3, -0.25) is 0 Å². The number of nitrogens with one attached hydrogen (secondary N) is 3. The average Bonchev–Trinajstić information content (AvgIpc) is 2.84. The van der Waals surface area contributed by atoms with Crippen LogP contribution in [0.5, 0.6) is 0 Å². The van der Waals surface area contributed by atoms with Crippen molar-refractivity contribution in [3.63, 3.8) is 0 Å². The van der Waals surface area contributed by atoms with E-state index in [-0.39, 0.29) is 17.1 Å². The lowest BCUT2D eigenvalue weighted by atomic mass is 9.69. The molecule has 1 saturated heterocycles. The van der Waals surface area contributed by atoms with Crippen molar-refractivity contribution < 1.29 is 4.79 Å². The summed E-state index contributed by atoms with van der Waals surface area (Å²) >= 11 is 0. The summed E-state index contributed by atoms with van der Waals surface area (Å²) in [6.07, 6.45) is 4.16. The molecule has 1 aliphatic heterocycles. The van der Waals surface area contributed by atoms with Crippen molar-refractivity contribution in [1.82, 2.24) is 16.0 Å². The molecule has 3 rings (SSSR count). The molecule has 0 atom stereocenters. The summed E-state index contributed by atoms with van der Waals surface area (Å²) in [5, 5.41) is 9.78. The Hall–Kier alpha value is -1.55. The van der Waals surface area contributed by atoms with E-state index in [0.717, 1.165) is 38.8 Å². The number of hydrogen-bond donors (Lipinski definition) is 3. The van der Waals surface area contributed by atoms with Crippen molar-refractivity contribution in [2.24, 2.45) is 0 Å². The minimum atomic E-state index is -0.0279. The number of urea groups is 1. The van der Waals surface area contributed by atoms with E-state index in [4.69, 9.17) is 0 Å². The molecule has 1 aromatic rings. The molecule has 4 heteroatoms. The van der Waals surface area contributed by atoms with E-state index in [1.54, 1.807) is 0 Å². The van der Waals surface area contributed by atoms with Crippen LogP contribution in [0.25, 0.3) is 0 Å². The largest absolute Gasteiger partial charge is 0.336 e. The monoisotopic (exact) mass is 287 g/mol. The maximum absolute atomic E-state index is 11.5. The molecule has 1 aliphatic carbocycles. The predicted molar refractivity (Wildman–Crippen MR) is 84.3 cm³/mol. The first-order chi connectivity index (χ1) is 10.1. The predicted octanol–water partition coefficient (Wildman–Crippen LogP) is 2.43. The smallest absolute Gasteiger partial charge is 0.315 e. The van der Waals surface area contributed by atoms with Gasteiger partial charge in [-0.25, -0.2) is 4.79 Å². The Morgan fingerprint density at radius 1 is 1.24 bits per heavy atom. The SMILES string of the molecule is CCNC1(c2cccc(C)c2)CCC2(CC1)CNC(=O)N2. The van der Waals surface area contributed by atoms with Crippen molar-refractivity contribution in [1.29, 1.82) is 0 Å². The van der Waals surface area contributed by atoms with Crippen molar-refractivity contribution in [2.45, 2.75) is 50.6 Å². The van der Waals surface area contributed by atoms with E-state index in [1.165, 1.54) is 11.1 Å². The van der Waals surface area contributed by atoms with Gasteiger partial charge in [0, 0.05) is 12.1 Å². The third-order valence-corrected chi connectivity index (χ3v) is 5.11. The highest BCUT2D eigenvalue weighted by molar-refractivity contribution is 5.77. The van der Waals surface area contributed by atoms with Crippen LogP contribution in [0.15, 0.2) is 24.3 Å². The summed E-state index contributed by atoms with van der Waals surface area (Å²) < 4.78 is 0. The second kappa shape index (κ2) is 5.34. The number of carbonyl (C=O) groups excluding carboxylic acids is 1. The molecule has 4 nitrogen and oxygen atoms in total. The number of hydrogen-bond acceptors (Lipinski definition) is 2. The second-order valence-corrected chi connectivity index (χ2v) is 6.57. The van der Waals surface area contributed by atoms with Crippen molar-refractivity contribution in [2.75, 3.05) is 13.1 Å². The molecular weight excluding hydrogens is 262 g/mol. The van der Waals surface area contributed by atoms with Crippen LogP contribution >= 0.6 is 0 Å². The van der Waals surface area contributed by atoms with Gasteiger partial charge in [0.2, 0.25) is 0 Å². The minimum Gasteiger partial charge on any atom is -0.336 e. The van der Waals surface area contributed by atoms with E-state index in [2.05, 4.69) is 54.1 Å². The van der Waals surface area contributed by atoms with Crippen molar-refractivity contribution >= 4 is 6.03 Å². The van der Waals surface area contributed by atoms with Gasteiger partial charge in [-0.15, -0.1) is 0 Å². The number of rotatable bonds is 3. The zero-order valence-corrected chi connectivity index (χ0v) is 13.0. The topological polar surface area (TPSA) is 53.2 Å². The number of aryl methyl sites for hydroxylation is 1. The zero-order chi connectivity index (χ0) is 14.9. The Morgan fingerprint density at radius 3 is 2.57 bits per heavy atom. The molecule has 1 heterocycles. The molecule has 0 aromatic heterocycles. The number of amides is 2. The highest BCUT2D eigenvalue weighted by Gasteiger charge is 2.46. The highest BCUT2D eigenvalue weighted by Crippen LogP contribution is 2.42. The maximum atomic E-state index is 11.5. The molecule has 1 aromatic carbocycles. The summed E-state index contributed by atoms with van der Waals surface area (Å²) in [7, 11) is 0. The summed E-state index contributed by atoms with van der Waals surface area (Å²) in [6.45, 7) is 6.04. The Bertz CT molecular complexity index is 533. The first kappa shape index (κ1) is 14.4. The molecule has 3 N–H and O–H groups in total. The quantitative estimate of drug-likeness (QED) is 0.800. The molecule has 21 heavy (non-hydrogen) atoms. The van der Waals surface area contributed by atoms with Crippen LogP contribution in [-0.4, -0.2) is 24.7 Å². The second-order valence-electron chi connectivity index (χ2n) is 6.57. The standard InChI is InChI=1S/C17H25N3O/c1-3-19-17(14-6-4-5-13(2)11-14)9-7-16(8-10-17)12-18-15(21)20-16/h4-6,11,19H,3,7-10,12H2,1-2H3,(H2,18,20,21). The minimum absolute atomic E-state index is 0.0125. The summed E-state index contributed by atoms with van der Waals surface area (Å²) in [5.74, 6) is 0. The normalized spacial score (nSPS) is 32.0. The fourth-order valence-electron chi connectivity index (χ4n) is 3.88. The van der Waals surface area contributed by atoms with Gasteiger partial charge < -0.3 is 16.0 Å². The van der Waals surface area contributed by atoms with E-state index < -0.39 is 0 Å². The van der Waals surface area contributed by atoms with Gasteiger partial charge in [-0.1, -0.05) is 36.8 Å². The van der Waals surface area contributed by atoms with Crippen LogP contribution < -0.4 is 16.0 Å². The molecule has 114 valence electrons. The summed E-state index contributed by atoms with van der Waals surface area (Å²) in [4.78, 5) is 11.5. The van der Waals surface area contributed by atoms with Crippen molar-refractivity contribution in [3.8, 4) is 0 Å². The van der Waals surface area contributed by atoms with Crippen LogP contribution in [0, 0.1) is 6.92 Å². The van der Waals surface area contributed by atoms with Gasteiger partial charge in [0.25, 0.3) is 0 Å². The third-order valence-electron chi connectivity index (χ3n) is 5.11. The fourth-order valence-corrected chi connectivity index (χ4v) is 3.88. The van der Waals surface area contributed by atoms with Crippen LogP contribution in [0.1, 0.15) is 43.7 Å². The Balaban J connectivity index is 1.83. The third kappa shape index (κ3) is 2.64. The molecule has 2 aliphatic rings. The van der Waals surface area contributed by atoms with Gasteiger partial charge in [-0.2, -0.15) is 0 Å². The van der Waals surface area contributed by atoms with E-state index in [0.29, 0.717) is 0 Å². The molecule has 1 spiro atoms. The van der Waals surface area contributed by atoms with Crippen LogP contribution in [-0.2, 0) is 5.54 Å². The average molecular weight is 287 g/mol. The molecule has 2 amide bonds. The first-order valence-electron chi connectivity index (χ1n) is 7.96. The lowest BCUT2D eigenvalue weighted by Crippen LogP contribution is -2.54. The lowest BCUT2D eigenvalue weighted by molar-refractivity contribution is 0.160.